The molecule has 1 aliphatic carbocycles. The molecule has 1 aliphatic rings. The van der Waals surface area contributed by atoms with Gasteiger partial charge in [-0.1, -0.05) is 11.3 Å². The highest BCUT2D eigenvalue weighted by Crippen LogP contribution is 2.37. The minimum Gasteiger partial charge on any atom is -0.386 e. The fraction of sp³-hybridized carbons (Fsp3) is 0.471. The van der Waals surface area contributed by atoms with Crippen LogP contribution in [0.25, 0.3) is 16.3 Å². The molecule has 0 bridgehead atoms. The number of fused-ring (bicyclic) bond motifs is 1. The number of nitrogens with one attached hydrogen (secondary N) is 3. The monoisotopic (exact) mass is 457 g/mol. The lowest BCUT2D eigenvalue weighted by Gasteiger charge is -2.15. The van der Waals surface area contributed by atoms with Gasteiger partial charge in [-0.15, -0.1) is 10.2 Å². The number of pyridine rings is 1. The lowest BCUT2D eigenvalue weighted by atomic mass is 10.3. The molecule has 0 spiro atoms. The van der Waals surface area contributed by atoms with Crippen molar-refractivity contribution in [2.75, 3.05) is 19.4 Å². The van der Waals surface area contributed by atoms with Crippen LogP contribution in [-0.4, -0.2) is 47.6 Å². The van der Waals surface area contributed by atoms with Gasteiger partial charge in [0.15, 0.2) is 15.8 Å². The first kappa shape index (κ1) is 21.0. The number of imidazole rings is 1. The first-order chi connectivity index (χ1) is 14.2. The molecule has 0 atom stereocenters. The fourth-order valence-electron chi connectivity index (χ4n) is 3.13. The molecule has 0 unspecified atom stereocenters. The minimum atomic E-state index is -3.80. The van der Waals surface area contributed by atoms with E-state index >= 15 is 0 Å². The smallest absolute Gasteiger partial charge is 0.291 e. The molecule has 0 radical (unpaired) electrons. The van der Waals surface area contributed by atoms with Crippen LogP contribution in [0.1, 0.15) is 36.9 Å². The van der Waals surface area contributed by atoms with Crippen molar-refractivity contribution in [3.8, 4) is 10.8 Å². The Morgan fingerprint density at radius 2 is 2.03 bits per heavy atom. The largest absolute Gasteiger partial charge is 0.386 e. The second kappa shape index (κ2) is 7.48. The van der Waals surface area contributed by atoms with Crippen molar-refractivity contribution in [3.05, 3.63) is 23.0 Å². The summed E-state index contributed by atoms with van der Waals surface area (Å²) in [6.45, 7) is 2.24. The molecule has 3 heterocycles. The van der Waals surface area contributed by atoms with Crippen molar-refractivity contribution in [3.63, 3.8) is 0 Å². The van der Waals surface area contributed by atoms with Crippen molar-refractivity contribution in [2.24, 2.45) is 0 Å². The summed E-state index contributed by atoms with van der Waals surface area (Å²) < 4.78 is 56.2. The van der Waals surface area contributed by atoms with Crippen LogP contribution in [0.15, 0.2) is 17.2 Å². The number of hydrogen-bond acceptors (Lipinski definition) is 8. The molecule has 0 aromatic carbocycles. The third-order valence-electron chi connectivity index (χ3n) is 4.90. The Kier molecular flexibility index (Phi) is 5.24. The Morgan fingerprint density at radius 3 is 2.60 bits per heavy atom. The first-order valence-electron chi connectivity index (χ1n) is 9.21. The highest BCUT2D eigenvalue weighted by Gasteiger charge is 2.41. The van der Waals surface area contributed by atoms with Crippen LogP contribution in [0, 0.1) is 0 Å². The lowest BCUT2D eigenvalue weighted by molar-refractivity contribution is 0.150. The fourth-order valence-corrected chi connectivity index (χ4v) is 5.30. The topological polar surface area (TPSA) is 113 Å². The molecule has 13 heteroatoms. The molecule has 3 aromatic heterocycles. The van der Waals surface area contributed by atoms with Gasteiger partial charge in [0.1, 0.15) is 4.90 Å². The van der Waals surface area contributed by atoms with Crippen LogP contribution in [0.5, 0.6) is 0 Å². The number of sulfonamides is 1. The maximum Gasteiger partial charge on any atom is 0.291 e. The Morgan fingerprint density at radius 1 is 1.30 bits per heavy atom. The van der Waals surface area contributed by atoms with Crippen LogP contribution in [-0.2, 0) is 16.6 Å². The molecule has 162 valence electrons. The van der Waals surface area contributed by atoms with Gasteiger partial charge in [-0.25, -0.2) is 26.9 Å². The standard InChI is InChI=1S/C17H21F2N7O2S2/c1-17(4-5-17)25-30(27,28)9-6-10(21-3)12-11(7-20-2)22-14(26(12)8-9)16-24-23-15(29-16)13(18)19/h6,8,13,20-21,25H,4-5,7H2,1-3H3. The molecule has 30 heavy (non-hydrogen) atoms. The quantitative estimate of drug-likeness (QED) is 0.476. The SMILES string of the molecule is CNCc1nc(-c2nnc(C(F)F)s2)n2cc(S(=O)(=O)NC3(C)CC3)cc(NC)c12. The number of alkyl halides is 2. The Labute approximate surface area is 176 Å². The third kappa shape index (κ3) is 3.77. The molecule has 1 saturated carbocycles. The van der Waals surface area contributed by atoms with E-state index < -0.39 is 27.0 Å². The number of halogens is 2. The Balaban J connectivity index is 1.92. The Bertz CT molecular complexity index is 1200. The van der Waals surface area contributed by atoms with Gasteiger partial charge >= 0.3 is 0 Å². The van der Waals surface area contributed by atoms with Crippen molar-refractivity contribution < 1.29 is 17.2 Å². The van der Waals surface area contributed by atoms with Gasteiger partial charge in [-0.2, -0.15) is 0 Å². The molecule has 9 nitrogen and oxygen atoms in total. The van der Waals surface area contributed by atoms with Crippen LogP contribution in [0.2, 0.25) is 0 Å². The van der Waals surface area contributed by atoms with Gasteiger partial charge in [0.25, 0.3) is 6.43 Å². The van der Waals surface area contributed by atoms with Gasteiger partial charge in [0, 0.05) is 25.3 Å². The van der Waals surface area contributed by atoms with Gasteiger partial charge in [0.05, 0.1) is 16.9 Å². The predicted molar refractivity (Wildman–Crippen MR) is 109 cm³/mol. The van der Waals surface area contributed by atoms with Gasteiger partial charge in [0.2, 0.25) is 10.0 Å². The summed E-state index contributed by atoms with van der Waals surface area (Å²) in [5.74, 6) is 0.255. The van der Waals surface area contributed by atoms with Gasteiger partial charge < -0.3 is 10.6 Å². The van der Waals surface area contributed by atoms with E-state index in [0.717, 1.165) is 24.2 Å². The van der Waals surface area contributed by atoms with Crippen LogP contribution in [0.4, 0.5) is 14.5 Å². The summed E-state index contributed by atoms with van der Waals surface area (Å²) in [6, 6.07) is 1.54. The molecule has 0 aliphatic heterocycles. The van der Waals surface area contributed by atoms with E-state index in [0.29, 0.717) is 23.4 Å². The summed E-state index contributed by atoms with van der Waals surface area (Å²) in [5, 5.41) is 13.2. The normalized spacial score (nSPS) is 15.8. The molecule has 4 rings (SSSR count). The number of aromatic nitrogens is 4. The minimum absolute atomic E-state index is 0.0423. The number of rotatable bonds is 8. The van der Waals surface area contributed by atoms with E-state index in [4.69, 9.17) is 0 Å². The van der Waals surface area contributed by atoms with Crippen LogP contribution < -0.4 is 15.4 Å². The summed E-state index contributed by atoms with van der Waals surface area (Å²) in [5.41, 5.74) is 1.36. The van der Waals surface area contributed by atoms with Gasteiger partial charge in [-0.3, -0.25) is 4.40 Å². The summed E-state index contributed by atoms with van der Waals surface area (Å²) >= 11 is 0.726. The molecular formula is C17H21F2N7O2S2. The van der Waals surface area contributed by atoms with Crippen molar-refractivity contribution in [2.45, 2.75) is 43.2 Å². The second-order valence-corrected chi connectivity index (χ2v) is 10.1. The zero-order chi connectivity index (χ0) is 21.7. The molecular weight excluding hydrogens is 436 g/mol. The molecule has 0 amide bonds. The summed E-state index contributed by atoms with van der Waals surface area (Å²) in [6.07, 6.45) is 0.246. The summed E-state index contributed by atoms with van der Waals surface area (Å²) in [7, 11) is -0.366. The molecule has 0 saturated heterocycles. The zero-order valence-electron chi connectivity index (χ0n) is 16.5. The van der Waals surface area contributed by atoms with E-state index in [2.05, 4.69) is 30.5 Å². The number of anilines is 1. The average Bonchev–Trinajstić information content (AvgIpc) is 3.09. The maximum absolute atomic E-state index is 13.0. The van der Waals surface area contributed by atoms with Crippen molar-refractivity contribution in [1.29, 1.82) is 0 Å². The molecule has 1 fully saturated rings. The molecule has 3 N–H and O–H groups in total. The highest BCUT2D eigenvalue weighted by molar-refractivity contribution is 7.89. The van der Waals surface area contributed by atoms with Crippen LogP contribution in [0.3, 0.4) is 0 Å². The number of hydrogen-bond donors (Lipinski definition) is 3. The van der Waals surface area contributed by atoms with Crippen LogP contribution >= 0.6 is 11.3 Å². The van der Waals surface area contributed by atoms with E-state index in [9.17, 15) is 17.2 Å². The first-order valence-corrected chi connectivity index (χ1v) is 11.5. The van der Waals surface area contributed by atoms with E-state index in [1.807, 2.05) is 6.92 Å². The van der Waals surface area contributed by atoms with E-state index in [-0.39, 0.29) is 15.7 Å². The number of nitrogens with zero attached hydrogens (tertiary/aromatic N) is 4. The van der Waals surface area contributed by atoms with E-state index in [1.54, 1.807) is 24.6 Å². The second-order valence-electron chi connectivity index (χ2n) is 7.38. The lowest BCUT2D eigenvalue weighted by Crippen LogP contribution is -2.34. The van der Waals surface area contributed by atoms with Crippen molar-refractivity contribution >= 4 is 32.6 Å². The summed E-state index contributed by atoms with van der Waals surface area (Å²) in [4.78, 5) is 4.59. The highest BCUT2D eigenvalue weighted by atomic mass is 32.2. The zero-order valence-corrected chi connectivity index (χ0v) is 18.2. The maximum atomic E-state index is 13.0. The Hall–Kier alpha value is -2.22. The van der Waals surface area contributed by atoms with E-state index in [1.165, 1.54) is 6.20 Å². The third-order valence-corrected chi connectivity index (χ3v) is 7.44. The average molecular weight is 458 g/mol. The van der Waals surface area contributed by atoms with Gasteiger partial charge in [-0.05, 0) is 32.9 Å². The van der Waals surface area contributed by atoms with Crippen molar-refractivity contribution in [1.82, 2.24) is 29.6 Å². The predicted octanol–water partition coefficient (Wildman–Crippen LogP) is 2.38. The molecule has 3 aromatic rings.